The molecule has 35 heavy (non-hydrogen) atoms. The van der Waals surface area contributed by atoms with Crippen molar-refractivity contribution in [3.63, 3.8) is 0 Å². The van der Waals surface area contributed by atoms with E-state index in [1.165, 1.54) is 29.2 Å². The van der Waals surface area contributed by atoms with E-state index in [1.54, 1.807) is 11.0 Å². The van der Waals surface area contributed by atoms with Crippen molar-refractivity contribution in [3.05, 3.63) is 89.7 Å². The average molecular weight is 494 g/mol. The molecule has 0 N–H and O–H groups in total. The Bertz CT molecular complexity index is 1210. The molecule has 1 aliphatic rings. The van der Waals surface area contributed by atoms with Crippen LogP contribution in [0.3, 0.4) is 0 Å². The van der Waals surface area contributed by atoms with Gasteiger partial charge in [-0.15, -0.1) is 16.8 Å². The van der Waals surface area contributed by atoms with Crippen molar-refractivity contribution in [2.24, 2.45) is 0 Å². The lowest BCUT2D eigenvalue weighted by atomic mass is 10.1. The highest BCUT2D eigenvalue weighted by Crippen LogP contribution is 2.26. The molecule has 2 heterocycles. The lowest BCUT2D eigenvalue weighted by Gasteiger charge is -2.36. The standard InChI is InChI=1S/C26H25ClFN5O2/c1-2-12-33(26(35)19-6-5-7-20(28)17-19)18-25(34)32-15-13-31(14-16-32)24-11-10-23(29-30-24)21-8-3-4-9-22(21)27/h2-11,17H,1,12-16,18H2. The van der Waals surface area contributed by atoms with E-state index in [0.717, 1.165) is 11.4 Å². The highest BCUT2D eigenvalue weighted by Gasteiger charge is 2.25. The third kappa shape index (κ3) is 5.84. The molecule has 0 radical (unpaired) electrons. The molecule has 180 valence electrons. The third-order valence-electron chi connectivity index (χ3n) is 5.79. The molecule has 0 bridgehead atoms. The Balaban J connectivity index is 1.35. The smallest absolute Gasteiger partial charge is 0.254 e. The van der Waals surface area contributed by atoms with Gasteiger partial charge in [-0.1, -0.05) is 41.9 Å². The molecule has 3 aromatic rings. The van der Waals surface area contributed by atoms with Crippen molar-refractivity contribution in [1.29, 1.82) is 0 Å². The Morgan fingerprint density at radius 1 is 1.03 bits per heavy atom. The number of benzene rings is 2. The fourth-order valence-electron chi connectivity index (χ4n) is 3.93. The fourth-order valence-corrected chi connectivity index (χ4v) is 4.17. The van der Waals surface area contributed by atoms with Gasteiger partial charge >= 0.3 is 0 Å². The summed E-state index contributed by atoms with van der Waals surface area (Å²) >= 11 is 6.25. The summed E-state index contributed by atoms with van der Waals surface area (Å²) < 4.78 is 13.5. The molecule has 0 saturated carbocycles. The van der Waals surface area contributed by atoms with Gasteiger partial charge in [-0.2, -0.15) is 0 Å². The molecule has 0 atom stereocenters. The maximum absolute atomic E-state index is 13.5. The van der Waals surface area contributed by atoms with Crippen LogP contribution in [-0.4, -0.2) is 71.1 Å². The minimum absolute atomic E-state index is 0.103. The number of halogens is 2. The summed E-state index contributed by atoms with van der Waals surface area (Å²) in [6, 6.07) is 16.7. The van der Waals surface area contributed by atoms with Crippen molar-refractivity contribution in [1.82, 2.24) is 20.0 Å². The summed E-state index contributed by atoms with van der Waals surface area (Å²) in [5.74, 6) is -0.357. The Hall–Kier alpha value is -3.78. The number of aromatic nitrogens is 2. The van der Waals surface area contributed by atoms with E-state index in [2.05, 4.69) is 21.7 Å². The molecule has 1 aliphatic heterocycles. The van der Waals surface area contributed by atoms with Gasteiger partial charge in [0.15, 0.2) is 5.82 Å². The van der Waals surface area contributed by atoms with Gasteiger partial charge in [0.05, 0.1) is 10.7 Å². The number of nitrogens with zero attached hydrogens (tertiary/aromatic N) is 5. The van der Waals surface area contributed by atoms with Gasteiger partial charge in [0.25, 0.3) is 5.91 Å². The lowest BCUT2D eigenvalue weighted by Crippen LogP contribution is -2.52. The number of piperazine rings is 1. The van der Waals surface area contributed by atoms with Gasteiger partial charge in [-0.3, -0.25) is 9.59 Å². The second-order valence-corrected chi connectivity index (χ2v) is 8.52. The van der Waals surface area contributed by atoms with Gasteiger partial charge in [0.1, 0.15) is 12.4 Å². The van der Waals surface area contributed by atoms with E-state index in [4.69, 9.17) is 11.6 Å². The first-order valence-corrected chi connectivity index (χ1v) is 11.6. The molecule has 0 aliphatic carbocycles. The zero-order valence-electron chi connectivity index (χ0n) is 19.1. The van der Waals surface area contributed by atoms with Crippen LogP contribution in [0.5, 0.6) is 0 Å². The maximum Gasteiger partial charge on any atom is 0.254 e. The topological polar surface area (TPSA) is 69.6 Å². The Labute approximate surface area is 208 Å². The van der Waals surface area contributed by atoms with Crippen LogP contribution in [0, 0.1) is 5.82 Å². The number of carbonyl (C=O) groups excluding carboxylic acids is 2. The normalized spacial score (nSPS) is 13.4. The van der Waals surface area contributed by atoms with Gasteiger partial charge in [-0.25, -0.2) is 4.39 Å². The third-order valence-corrected chi connectivity index (χ3v) is 6.12. The molecule has 4 rings (SSSR count). The summed E-state index contributed by atoms with van der Waals surface area (Å²) in [5, 5.41) is 9.28. The quantitative estimate of drug-likeness (QED) is 0.467. The Morgan fingerprint density at radius 2 is 1.80 bits per heavy atom. The van der Waals surface area contributed by atoms with Crippen LogP contribution >= 0.6 is 11.6 Å². The van der Waals surface area contributed by atoms with E-state index >= 15 is 0 Å². The van der Waals surface area contributed by atoms with E-state index in [0.29, 0.717) is 36.9 Å². The SMILES string of the molecule is C=CCN(CC(=O)N1CCN(c2ccc(-c3ccccc3Cl)nn2)CC1)C(=O)c1cccc(F)c1. The zero-order valence-corrected chi connectivity index (χ0v) is 19.9. The molecule has 2 aromatic carbocycles. The van der Waals surface area contributed by atoms with Crippen LogP contribution in [0.15, 0.2) is 73.3 Å². The van der Waals surface area contributed by atoms with Gasteiger partial charge in [0, 0.05) is 43.9 Å². The Kier molecular flexibility index (Phi) is 7.72. The highest BCUT2D eigenvalue weighted by molar-refractivity contribution is 6.33. The molecule has 1 fully saturated rings. The average Bonchev–Trinajstić information content (AvgIpc) is 2.88. The second-order valence-electron chi connectivity index (χ2n) is 8.11. The van der Waals surface area contributed by atoms with Crippen LogP contribution in [0.25, 0.3) is 11.3 Å². The number of anilines is 1. The molecular weight excluding hydrogens is 469 g/mol. The van der Waals surface area contributed by atoms with E-state index in [-0.39, 0.29) is 24.6 Å². The van der Waals surface area contributed by atoms with Gasteiger partial charge in [-0.05, 0) is 36.4 Å². The highest BCUT2D eigenvalue weighted by atomic mass is 35.5. The van der Waals surface area contributed by atoms with Crippen molar-refractivity contribution >= 4 is 29.2 Å². The van der Waals surface area contributed by atoms with Crippen molar-refractivity contribution in [2.45, 2.75) is 0 Å². The van der Waals surface area contributed by atoms with Crippen LogP contribution in [0.2, 0.25) is 5.02 Å². The van der Waals surface area contributed by atoms with E-state index in [9.17, 15) is 14.0 Å². The molecule has 2 amide bonds. The van der Waals surface area contributed by atoms with Crippen LogP contribution < -0.4 is 4.90 Å². The fraction of sp³-hybridized carbons (Fsp3) is 0.231. The van der Waals surface area contributed by atoms with Crippen molar-refractivity contribution in [3.8, 4) is 11.3 Å². The lowest BCUT2D eigenvalue weighted by molar-refractivity contribution is -0.132. The monoisotopic (exact) mass is 493 g/mol. The Morgan fingerprint density at radius 3 is 2.46 bits per heavy atom. The number of amides is 2. The minimum Gasteiger partial charge on any atom is -0.352 e. The van der Waals surface area contributed by atoms with Gasteiger partial charge < -0.3 is 14.7 Å². The first-order chi connectivity index (χ1) is 17.0. The zero-order chi connectivity index (χ0) is 24.8. The number of carbonyl (C=O) groups is 2. The van der Waals surface area contributed by atoms with Crippen molar-refractivity contribution in [2.75, 3.05) is 44.2 Å². The maximum atomic E-state index is 13.5. The van der Waals surface area contributed by atoms with Crippen LogP contribution in [0.1, 0.15) is 10.4 Å². The first-order valence-electron chi connectivity index (χ1n) is 11.2. The molecule has 7 nitrogen and oxygen atoms in total. The summed E-state index contributed by atoms with van der Waals surface area (Å²) in [6.45, 7) is 5.91. The first kappa shape index (κ1) is 24.3. The largest absolute Gasteiger partial charge is 0.352 e. The summed E-state index contributed by atoms with van der Waals surface area (Å²) in [6.07, 6.45) is 1.55. The molecule has 0 spiro atoms. The van der Waals surface area contributed by atoms with Crippen LogP contribution in [-0.2, 0) is 4.79 Å². The summed E-state index contributed by atoms with van der Waals surface area (Å²) in [7, 11) is 0. The molecule has 1 aromatic heterocycles. The number of hydrogen-bond acceptors (Lipinski definition) is 5. The molecule has 9 heteroatoms. The van der Waals surface area contributed by atoms with E-state index < -0.39 is 11.7 Å². The number of hydrogen-bond donors (Lipinski definition) is 0. The number of rotatable bonds is 7. The molecule has 1 saturated heterocycles. The summed E-state index contributed by atoms with van der Waals surface area (Å²) in [4.78, 5) is 30.9. The molecular formula is C26H25ClFN5O2. The predicted molar refractivity (Wildman–Crippen MR) is 134 cm³/mol. The van der Waals surface area contributed by atoms with Crippen LogP contribution in [0.4, 0.5) is 10.2 Å². The molecule has 0 unspecified atom stereocenters. The second kappa shape index (κ2) is 11.1. The van der Waals surface area contributed by atoms with Gasteiger partial charge in [0.2, 0.25) is 5.91 Å². The predicted octanol–water partition coefficient (Wildman–Crippen LogP) is 3.91. The van der Waals surface area contributed by atoms with E-state index in [1.807, 2.05) is 36.4 Å². The van der Waals surface area contributed by atoms with Crippen molar-refractivity contribution < 1.29 is 14.0 Å². The minimum atomic E-state index is -0.500. The summed E-state index contributed by atoms with van der Waals surface area (Å²) in [5.41, 5.74) is 1.71.